The standard InChI is InChI=1S/C23H19F3N6O2/c24-23(25,26)16-4-1-3-15(13-16)17-14-21-27-8-7-18(32(21)30-17)22(33)29-19-5-2-6-20(28-19)31-9-11-34-12-10-31/h1-8,13-14H,9-12H2,(H,28,29,33). The summed E-state index contributed by atoms with van der Waals surface area (Å²) >= 11 is 0. The van der Waals surface area contributed by atoms with Gasteiger partial charge in [-0.2, -0.15) is 18.3 Å². The SMILES string of the molecule is O=C(Nc1cccc(N2CCOCC2)n1)c1ccnc2cc(-c3cccc(C(F)(F)F)c3)nn12. The van der Waals surface area contributed by atoms with Gasteiger partial charge in [-0.15, -0.1) is 0 Å². The molecule has 0 aliphatic carbocycles. The number of anilines is 2. The molecule has 5 rings (SSSR count). The number of morpholine rings is 1. The maximum absolute atomic E-state index is 13.1. The maximum atomic E-state index is 13.1. The molecular weight excluding hydrogens is 449 g/mol. The number of hydrogen-bond donors (Lipinski definition) is 1. The lowest BCUT2D eigenvalue weighted by Gasteiger charge is -2.28. The van der Waals surface area contributed by atoms with E-state index in [1.807, 2.05) is 6.07 Å². The zero-order valence-electron chi connectivity index (χ0n) is 17.8. The summed E-state index contributed by atoms with van der Waals surface area (Å²) in [6, 6.07) is 13.2. The van der Waals surface area contributed by atoms with Crippen molar-refractivity contribution in [3.8, 4) is 11.3 Å². The molecule has 0 unspecified atom stereocenters. The number of hydrogen-bond acceptors (Lipinski definition) is 6. The van der Waals surface area contributed by atoms with Crippen molar-refractivity contribution in [2.24, 2.45) is 0 Å². The molecule has 1 aromatic carbocycles. The third kappa shape index (κ3) is 4.42. The number of fused-ring (bicyclic) bond motifs is 1. The van der Waals surface area contributed by atoms with Crippen molar-refractivity contribution in [3.63, 3.8) is 0 Å². The van der Waals surface area contributed by atoms with Gasteiger partial charge >= 0.3 is 6.18 Å². The number of nitrogens with zero attached hydrogens (tertiary/aromatic N) is 5. The molecule has 4 aromatic rings. The highest BCUT2D eigenvalue weighted by Crippen LogP contribution is 2.32. The molecule has 4 heterocycles. The van der Waals surface area contributed by atoms with Crippen molar-refractivity contribution in [1.82, 2.24) is 19.6 Å². The van der Waals surface area contributed by atoms with Gasteiger partial charge in [-0.3, -0.25) is 4.79 Å². The van der Waals surface area contributed by atoms with Gasteiger partial charge < -0.3 is 15.0 Å². The molecule has 1 fully saturated rings. The normalized spacial score (nSPS) is 14.4. The van der Waals surface area contributed by atoms with E-state index in [4.69, 9.17) is 4.74 Å². The number of halogens is 3. The second-order valence-electron chi connectivity index (χ2n) is 7.64. The Morgan fingerprint density at radius 3 is 2.62 bits per heavy atom. The zero-order valence-corrected chi connectivity index (χ0v) is 17.8. The summed E-state index contributed by atoms with van der Waals surface area (Å²) in [5, 5.41) is 7.11. The van der Waals surface area contributed by atoms with Crippen LogP contribution in [0.25, 0.3) is 16.9 Å². The van der Waals surface area contributed by atoms with Gasteiger partial charge in [-0.05, 0) is 30.3 Å². The first kappa shape index (κ1) is 21.8. The molecule has 0 spiro atoms. The highest BCUT2D eigenvalue weighted by atomic mass is 19.4. The van der Waals surface area contributed by atoms with Gasteiger partial charge in [0.05, 0.1) is 24.5 Å². The maximum Gasteiger partial charge on any atom is 0.416 e. The fourth-order valence-corrected chi connectivity index (χ4v) is 3.70. The molecule has 0 bridgehead atoms. The molecule has 34 heavy (non-hydrogen) atoms. The molecule has 1 N–H and O–H groups in total. The quantitative estimate of drug-likeness (QED) is 0.489. The van der Waals surface area contributed by atoms with Crippen LogP contribution < -0.4 is 10.2 Å². The van der Waals surface area contributed by atoms with Gasteiger partial charge in [0.15, 0.2) is 5.65 Å². The van der Waals surface area contributed by atoms with Crippen molar-refractivity contribution in [3.05, 3.63) is 72.1 Å². The highest BCUT2D eigenvalue weighted by molar-refractivity contribution is 6.03. The number of ether oxygens (including phenoxy) is 1. The molecule has 0 atom stereocenters. The fraction of sp³-hybridized carbons (Fsp3) is 0.217. The molecule has 0 radical (unpaired) electrons. The third-order valence-electron chi connectivity index (χ3n) is 5.39. The van der Waals surface area contributed by atoms with Crippen LogP contribution in [0.2, 0.25) is 0 Å². The largest absolute Gasteiger partial charge is 0.416 e. The average Bonchev–Trinajstić information content (AvgIpc) is 3.29. The van der Waals surface area contributed by atoms with Crippen LogP contribution in [-0.4, -0.2) is 51.8 Å². The summed E-state index contributed by atoms with van der Waals surface area (Å²) in [7, 11) is 0. The molecule has 1 aliphatic rings. The van der Waals surface area contributed by atoms with Crippen molar-refractivity contribution in [2.45, 2.75) is 6.18 Å². The smallest absolute Gasteiger partial charge is 0.378 e. The summed E-state index contributed by atoms with van der Waals surface area (Å²) in [6.45, 7) is 2.64. The average molecular weight is 468 g/mol. The summed E-state index contributed by atoms with van der Waals surface area (Å²) < 4.78 is 46.0. The van der Waals surface area contributed by atoms with Gasteiger partial charge in [0.2, 0.25) is 0 Å². The molecule has 3 aromatic heterocycles. The van der Waals surface area contributed by atoms with E-state index in [9.17, 15) is 18.0 Å². The van der Waals surface area contributed by atoms with Crippen LogP contribution in [0, 0.1) is 0 Å². The first-order valence-electron chi connectivity index (χ1n) is 10.5. The molecule has 11 heteroatoms. The van der Waals surface area contributed by atoms with E-state index in [-0.39, 0.29) is 17.0 Å². The van der Waals surface area contributed by atoms with Crippen LogP contribution >= 0.6 is 0 Å². The van der Waals surface area contributed by atoms with Crippen LogP contribution in [0.15, 0.2) is 60.8 Å². The predicted octanol–water partition coefficient (Wildman–Crippen LogP) is 3.90. The Hall–Kier alpha value is -3.99. The number of carbonyl (C=O) groups excluding carboxylic acids is 1. The van der Waals surface area contributed by atoms with Crippen molar-refractivity contribution in [1.29, 1.82) is 0 Å². The Bertz CT molecular complexity index is 1350. The second-order valence-corrected chi connectivity index (χ2v) is 7.64. The molecular formula is C23H19F3N6O2. The Kier molecular flexibility index (Phi) is 5.62. The summed E-state index contributed by atoms with van der Waals surface area (Å²) in [6.07, 6.45) is -3.03. The van der Waals surface area contributed by atoms with E-state index in [0.29, 0.717) is 37.8 Å². The summed E-state index contributed by atoms with van der Waals surface area (Å²) in [5.41, 5.74) is 0.258. The minimum absolute atomic E-state index is 0.168. The number of aromatic nitrogens is 4. The lowest BCUT2D eigenvalue weighted by atomic mass is 10.1. The van der Waals surface area contributed by atoms with Crippen LogP contribution in [0.4, 0.5) is 24.8 Å². The van der Waals surface area contributed by atoms with Gasteiger partial charge in [0.1, 0.15) is 17.3 Å². The van der Waals surface area contributed by atoms with Crippen molar-refractivity contribution < 1.29 is 22.7 Å². The topological polar surface area (TPSA) is 84.7 Å². The van der Waals surface area contributed by atoms with Crippen molar-refractivity contribution in [2.75, 3.05) is 36.5 Å². The van der Waals surface area contributed by atoms with Gasteiger partial charge in [0, 0.05) is 30.9 Å². The van der Waals surface area contributed by atoms with E-state index in [2.05, 4.69) is 25.3 Å². The fourth-order valence-electron chi connectivity index (χ4n) is 3.70. The van der Waals surface area contributed by atoms with E-state index in [0.717, 1.165) is 18.0 Å². The summed E-state index contributed by atoms with van der Waals surface area (Å²) in [5.74, 6) is 0.619. The monoisotopic (exact) mass is 468 g/mol. The molecule has 0 saturated carbocycles. The lowest BCUT2D eigenvalue weighted by molar-refractivity contribution is -0.137. The number of rotatable bonds is 4. The Labute approximate surface area is 192 Å². The highest BCUT2D eigenvalue weighted by Gasteiger charge is 2.30. The van der Waals surface area contributed by atoms with Crippen molar-refractivity contribution >= 4 is 23.2 Å². The van der Waals surface area contributed by atoms with Crippen LogP contribution in [0.5, 0.6) is 0 Å². The zero-order chi connectivity index (χ0) is 23.7. The Balaban J connectivity index is 1.42. The molecule has 174 valence electrons. The first-order valence-corrected chi connectivity index (χ1v) is 10.5. The van der Waals surface area contributed by atoms with E-state index < -0.39 is 17.6 Å². The van der Waals surface area contributed by atoms with Gasteiger partial charge in [-0.25, -0.2) is 14.5 Å². The minimum Gasteiger partial charge on any atom is -0.378 e. The Morgan fingerprint density at radius 1 is 1.03 bits per heavy atom. The number of carbonyl (C=O) groups is 1. The predicted molar refractivity (Wildman–Crippen MR) is 119 cm³/mol. The summed E-state index contributed by atoms with van der Waals surface area (Å²) in [4.78, 5) is 23.8. The number of pyridine rings is 1. The lowest BCUT2D eigenvalue weighted by Crippen LogP contribution is -2.36. The molecule has 1 aliphatic heterocycles. The number of benzene rings is 1. The van der Waals surface area contributed by atoms with Gasteiger partial charge in [-0.1, -0.05) is 18.2 Å². The van der Waals surface area contributed by atoms with E-state index in [1.165, 1.54) is 35.0 Å². The van der Waals surface area contributed by atoms with Crippen LogP contribution in [0.1, 0.15) is 16.1 Å². The molecule has 1 saturated heterocycles. The third-order valence-corrected chi connectivity index (χ3v) is 5.39. The minimum atomic E-state index is -4.47. The number of amides is 1. The Morgan fingerprint density at radius 2 is 1.82 bits per heavy atom. The number of nitrogens with one attached hydrogen (secondary N) is 1. The van der Waals surface area contributed by atoms with E-state index >= 15 is 0 Å². The second kappa shape index (κ2) is 8.75. The van der Waals surface area contributed by atoms with Crippen LogP contribution in [0.3, 0.4) is 0 Å². The van der Waals surface area contributed by atoms with Gasteiger partial charge in [0.25, 0.3) is 5.91 Å². The van der Waals surface area contributed by atoms with Crippen LogP contribution in [-0.2, 0) is 10.9 Å². The number of alkyl halides is 3. The molecule has 8 nitrogen and oxygen atoms in total. The molecule has 1 amide bonds. The first-order chi connectivity index (χ1) is 16.4. The van der Waals surface area contributed by atoms with E-state index in [1.54, 1.807) is 12.1 Å².